The molecule has 1 aliphatic carbocycles. The van der Waals surface area contributed by atoms with Gasteiger partial charge in [-0.25, -0.2) is 0 Å². The third kappa shape index (κ3) is 2.23. The van der Waals surface area contributed by atoms with E-state index < -0.39 is 0 Å². The first kappa shape index (κ1) is 12.3. The van der Waals surface area contributed by atoms with E-state index >= 15 is 0 Å². The van der Waals surface area contributed by atoms with Gasteiger partial charge in [0.05, 0.1) is 0 Å². The number of ether oxygens (including phenoxy) is 2. The standard InChI is InChI=1S/C19H16O2/c1-13-2-4-14(5-3-13)15-6-7-16(10-15)17-8-9-18-19(11-17)21-12-20-18/h2-9,11H,10,12H2,1H3. The van der Waals surface area contributed by atoms with Gasteiger partial charge in [0.25, 0.3) is 0 Å². The molecule has 104 valence electrons. The second-order valence-corrected chi connectivity index (χ2v) is 5.49. The first-order valence-corrected chi connectivity index (χ1v) is 7.16. The summed E-state index contributed by atoms with van der Waals surface area (Å²) in [4.78, 5) is 0. The second kappa shape index (κ2) is 4.81. The molecule has 0 N–H and O–H groups in total. The van der Waals surface area contributed by atoms with Crippen molar-refractivity contribution in [1.82, 2.24) is 0 Å². The molecule has 2 heteroatoms. The van der Waals surface area contributed by atoms with Crippen LogP contribution in [-0.2, 0) is 0 Å². The minimum Gasteiger partial charge on any atom is -0.454 e. The summed E-state index contributed by atoms with van der Waals surface area (Å²) < 4.78 is 10.8. The maximum absolute atomic E-state index is 5.46. The van der Waals surface area contributed by atoms with Gasteiger partial charge in [0, 0.05) is 0 Å². The highest BCUT2D eigenvalue weighted by Gasteiger charge is 2.17. The first-order chi connectivity index (χ1) is 10.3. The topological polar surface area (TPSA) is 18.5 Å². The molecule has 2 nitrogen and oxygen atoms in total. The zero-order valence-corrected chi connectivity index (χ0v) is 11.9. The van der Waals surface area contributed by atoms with Crippen molar-refractivity contribution in [3.63, 3.8) is 0 Å². The minimum atomic E-state index is 0.324. The largest absolute Gasteiger partial charge is 0.454 e. The average molecular weight is 276 g/mol. The van der Waals surface area contributed by atoms with Gasteiger partial charge < -0.3 is 9.47 Å². The van der Waals surface area contributed by atoms with Crippen LogP contribution in [0.25, 0.3) is 11.1 Å². The number of hydrogen-bond donors (Lipinski definition) is 0. The summed E-state index contributed by atoms with van der Waals surface area (Å²) in [5, 5.41) is 0. The van der Waals surface area contributed by atoms with Crippen LogP contribution in [0.2, 0.25) is 0 Å². The summed E-state index contributed by atoms with van der Waals surface area (Å²) in [6.45, 7) is 2.44. The van der Waals surface area contributed by atoms with E-state index in [0.29, 0.717) is 6.79 Å². The minimum absolute atomic E-state index is 0.324. The third-order valence-electron chi connectivity index (χ3n) is 4.03. The van der Waals surface area contributed by atoms with E-state index in [1.165, 1.54) is 27.8 Å². The highest BCUT2D eigenvalue weighted by molar-refractivity contribution is 5.87. The van der Waals surface area contributed by atoms with Gasteiger partial charge in [-0.15, -0.1) is 0 Å². The quantitative estimate of drug-likeness (QED) is 0.798. The van der Waals surface area contributed by atoms with Gasteiger partial charge in [0.1, 0.15) is 0 Å². The van der Waals surface area contributed by atoms with E-state index in [4.69, 9.17) is 9.47 Å². The van der Waals surface area contributed by atoms with Crippen molar-refractivity contribution in [3.8, 4) is 11.5 Å². The molecule has 0 unspecified atom stereocenters. The zero-order chi connectivity index (χ0) is 14.2. The lowest BCUT2D eigenvalue weighted by Crippen LogP contribution is -1.92. The number of rotatable bonds is 2. The molecule has 0 fully saturated rings. The van der Waals surface area contributed by atoms with Gasteiger partial charge in [0.15, 0.2) is 11.5 Å². The smallest absolute Gasteiger partial charge is 0.231 e. The van der Waals surface area contributed by atoms with Crippen LogP contribution >= 0.6 is 0 Å². The van der Waals surface area contributed by atoms with E-state index in [1.54, 1.807) is 0 Å². The third-order valence-corrected chi connectivity index (χ3v) is 4.03. The Morgan fingerprint density at radius 1 is 0.762 bits per heavy atom. The summed E-state index contributed by atoms with van der Waals surface area (Å²) in [6, 6.07) is 14.9. The average Bonchev–Trinajstić information content (AvgIpc) is 3.16. The Bertz CT molecular complexity index is 752. The summed E-state index contributed by atoms with van der Waals surface area (Å²) in [6.07, 6.45) is 5.38. The fourth-order valence-corrected chi connectivity index (χ4v) is 2.78. The van der Waals surface area contributed by atoms with Crippen LogP contribution in [0.5, 0.6) is 11.5 Å². The monoisotopic (exact) mass is 276 g/mol. The normalized spacial score (nSPS) is 15.9. The maximum Gasteiger partial charge on any atom is 0.231 e. The highest BCUT2D eigenvalue weighted by Crippen LogP contribution is 2.39. The van der Waals surface area contributed by atoms with Crippen molar-refractivity contribution < 1.29 is 9.47 Å². The molecule has 2 aromatic carbocycles. The van der Waals surface area contributed by atoms with Crippen molar-refractivity contribution in [2.75, 3.05) is 6.79 Å². The SMILES string of the molecule is Cc1ccc(C2=CC=C(c3ccc4c(c3)OCO4)C2)cc1. The number of hydrogen-bond acceptors (Lipinski definition) is 2. The van der Waals surface area contributed by atoms with Crippen molar-refractivity contribution in [3.05, 3.63) is 71.3 Å². The van der Waals surface area contributed by atoms with Crippen molar-refractivity contribution in [1.29, 1.82) is 0 Å². The highest BCUT2D eigenvalue weighted by atomic mass is 16.7. The Hall–Kier alpha value is -2.48. The fraction of sp³-hybridized carbons (Fsp3) is 0.158. The summed E-state index contributed by atoms with van der Waals surface area (Å²) in [5.41, 5.74) is 6.48. The molecule has 0 spiro atoms. The van der Waals surface area contributed by atoms with Crippen LogP contribution in [0.15, 0.2) is 54.6 Å². The molecule has 0 atom stereocenters. The van der Waals surface area contributed by atoms with E-state index in [1.807, 2.05) is 6.07 Å². The first-order valence-electron chi connectivity index (χ1n) is 7.16. The molecule has 1 heterocycles. The molecule has 2 aliphatic rings. The Balaban J connectivity index is 1.56. The molecule has 0 amide bonds. The lowest BCUT2D eigenvalue weighted by Gasteiger charge is -2.07. The second-order valence-electron chi connectivity index (χ2n) is 5.49. The van der Waals surface area contributed by atoms with E-state index in [9.17, 15) is 0 Å². The Morgan fingerprint density at radius 2 is 1.43 bits per heavy atom. The van der Waals surface area contributed by atoms with Crippen LogP contribution in [-0.4, -0.2) is 6.79 Å². The molecule has 0 aromatic heterocycles. The van der Waals surface area contributed by atoms with Gasteiger partial charge in [-0.05, 0) is 47.8 Å². The number of benzene rings is 2. The van der Waals surface area contributed by atoms with Gasteiger partial charge in [0.2, 0.25) is 6.79 Å². The lowest BCUT2D eigenvalue weighted by atomic mass is 9.98. The van der Waals surface area contributed by atoms with Crippen LogP contribution < -0.4 is 9.47 Å². The van der Waals surface area contributed by atoms with Gasteiger partial charge in [-0.3, -0.25) is 0 Å². The number of allylic oxidation sites excluding steroid dienone is 4. The predicted octanol–water partition coefficient (Wildman–Crippen LogP) is 4.59. The van der Waals surface area contributed by atoms with Crippen molar-refractivity contribution >= 4 is 11.1 Å². The van der Waals surface area contributed by atoms with Gasteiger partial charge in [-0.1, -0.05) is 48.0 Å². The van der Waals surface area contributed by atoms with Crippen LogP contribution in [0, 0.1) is 6.92 Å². The zero-order valence-electron chi connectivity index (χ0n) is 11.9. The van der Waals surface area contributed by atoms with Gasteiger partial charge in [-0.2, -0.15) is 0 Å². The number of fused-ring (bicyclic) bond motifs is 1. The number of aryl methyl sites for hydroxylation is 1. The molecule has 4 rings (SSSR count). The Kier molecular flexibility index (Phi) is 2.81. The Morgan fingerprint density at radius 3 is 2.24 bits per heavy atom. The van der Waals surface area contributed by atoms with Crippen molar-refractivity contribution in [2.45, 2.75) is 13.3 Å². The molecule has 2 aromatic rings. The summed E-state index contributed by atoms with van der Waals surface area (Å²) >= 11 is 0. The fourth-order valence-electron chi connectivity index (χ4n) is 2.78. The van der Waals surface area contributed by atoms with Crippen molar-refractivity contribution in [2.24, 2.45) is 0 Å². The van der Waals surface area contributed by atoms with Crippen LogP contribution in [0.4, 0.5) is 0 Å². The molecule has 0 radical (unpaired) electrons. The molecule has 0 bridgehead atoms. The van der Waals surface area contributed by atoms with E-state index in [0.717, 1.165) is 17.9 Å². The lowest BCUT2D eigenvalue weighted by molar-refractivity contribution is 0.174. The molecular formula is C19H16O2. The summed E-state index contributed by atoms with van der Waals surface area (Å²) in [5.74, 6) is 1.68. The molecule has 21 heavy (non-hydrogen) atoms. The maximum atomic E-state index is 5.46. The van der Waals surface area contributed by atoms with Crippen LogP contribution in [0.3, 0.4) is 0 Å². The summed E-state index contributed by atoms with van der Waals surface area (Å²) in [7, 11) is 0. The molecule has 0 saturated heterocycles. The molecule has 0 saturated carbocycles. The predicted molar refractivity (Wildman–Crippen MR) is 84.3 cm³/mol. The van der Waals surface area contributed by atoms with Gasteiger partial charge >= 0.3 is 0 Å². The van der Waals surface area contributed by atoms with E-state index in [2.05, 4.69) is 55.5 Å². The van der Waals surface area contributed by atoms with Crippen LogP contribution in [0.1, 0.15) is 23.1 Å². The van der Waals surface area contributed by atoms with E-state index in [-0.39, 0.29) is 0 Å². The molecule has 1 aliphatic heterocycles. The Labute approximate surface area is 124 Å². The molecular weight excluding hydrogens is 260 g/mol.